The lowest BCUT2D eigenvalue weighted by molar-refractivity contribution is 0.281. The fourth-order valence-electron chi connectivity index (χ4n) is 2.41. The third kappa shape index (κ3) is 2.76. The van der Waals surface area contributed by atoms with E-state index < -0.39 is 23.3 Å². The van der Waals surface area contributed by atoms with Gasteiger partial charge in [-0.1, -0.05) is 18.2 Å². The summed E-state index contributed by atoms with van der Waals surface area (Å²) in [5.74, 6) is -4.42. The van der Waals surface area contributed by atoms with Crippen molar-refractivity contribution in [1.29, 1.82) is 0 Å². The van der Waals surface area contributed by atoms with Gasteiger partial charge in [-0.3, -0.25) is 4.98 Å². The normalized spacial score (nSPS) is 10.9. The molecule has 1 aromatic heterocycles. The van der Waals surface area contributed by atoms with E-state index in [-0.39, 0.29) is 29.0 Å². The summed E-state index contributed by atoms with van der Waals surface area (Å²) in [6, 6.07) is 8.45. The first-order chi connectivity index (χ1) is 11.5. The number of pyridine rings is 1. The highest BCUT2D eigenvalue weighted by Gasteiger charge is 2.19. The maximum atomic E-state index is 14.2. The molecule has 1 heterocycles. The summed E-state index contributed by atoms with van der Waals surface area (Å²) in [5, 5.41) is 9.25. The van der Waals surface area contributed by atoms with E-state index in [0.29, 0.717) is 5.56 Å². The van der Waals surface area contributed by atoms with Crippen molar-refractivity contribution in [2.24, 2.45) is 0 Å². The molecule has 0 aliphatic carbocycles. The van der Waals surface area contributed by atoms with Crippen molar-refractivity contribution in [2.75, 3.05) is 0 Å². The fraction of sp³-hybridized carbons (Fsp3) is 0.0556. The van der Waals surface area contributed by atoms with Crippen LogP contribution in [0.3, 0.4) is 0 Å². The summed E-state index contributed by atoms with van der Waals surface area (Å²) >= 11 is 0. The minimum Gasteiger partial charge on any atom is -0.392 e. The van der Waals surface area contributed by atoms with Crippen molar-refractivity contribution in [2.45, 2.75) is 6.61 Å². The quantitative estimate of drug-likeness (QED) is 0.718. The molecule has 0 aliphatic rings. The van der Waals surface area contributed by atoms with Crippen molar-refractivity contribution in [3.05, 3.63) is 77.5 Å². The molecule has 1 N–H and O–H groups in total. The maximum Gasteiger partial charge on any atom is 0.168 e. The van der Waals surface area contributed by atoms with Gasteiger partial charge in [0.1, 0.15) is 0 Å². The third-order valence-electron chi connectivity index (χ3n) is 3.58. The van der Waals surface area contributed by atoms with Gasteiger partial charge in [-0.2, -0.15) is 0 Å². The molecule has 0 spiro atoms. The molecule has 2 nitrogen and oxygen atoms in total. The summed E-state index contributed by atoms with van der Waals surface area (Å²) in [5.41, 5.74) is 0.000541. The lowest BCUT2D eigenvalue weighted by Crippen LogP contribution is -1.99. The van der Waals surface area contributed by atoms with Crippen molar-refractivity contribution >= 4 is 0 Å². The molecule has 2 aromatic carbocycles. The minimum atomic E-state index is -1.14. The Morgan fingerprint density at radius 1 is 0.792 bits per heavy atom. The van der Waals surface area contributed by atoms with E-state index in [9.17, 15) is 22.7 Å². The number of aliphatic hydroxyl groups is 1. The van der Waals surface area contributed by atoms with Crippen LogP contribution in [0.5, 0.6) is 0 Å². The molecule has 0 radical (unpaired) electrons. The summed E-state index contributed by atoms with van der Waals surface area (Å²) < 4.78 is 55.3. The zero-order valence-electron chi connectivity index (χ0n) is 12.2. The van der Waals surface area contributed by atoms with Crippen LogP contribution in [-0.4, -0.2) is 10.1 Å². The van der Waals surface area contributed by atoms with E-state index in [1.807, 2.05) is 0 Å². The Hall–Kier alpha value is -2.73. The first-order valence-corrected chi connectivity index (χ1v) is 7.01. The Kier molecular flexibility index (Phi) is 4.31. The van der Waals surface area contributed by atoms with E-state index >= 15 is 0 Å². The predicted octanol–water partition coefficient (Wildman–Crippen LogP) is 4.46. The second-order valence-corrected chi connectivity index (χ2v) is 5.10. The van der Waals surface area contributed by atoms with Crippen LogP contribution < -0.4 is 0 Å². The molecule has 24 heavy (non-hydrogen) atoms. The number of aromatic nitrogens is 1. The van der Waals surface area contributed by atoms with Gasteiger partial charge in [-0.15, -0.1) is 0 Å². The van der Waals surface area contributed by atoms with Gasteiger partial charge in [-0.05, 0) is 29.8 Å². The number of aliphatic hydroxyl groups excluding tert-OH is 1. The van der Waals surface area contributed by atoms with E-state index in [1.54, 1.807) is 0 Å². The number of halogens is 4. The van der Waals surface area contributed by atoms with E-state index in [4.69, 9.17) is 0 Å². The fourth-order valence-corrected chi connectivity index (χ4v) is 2.41. The van der Waals surface area contributed by atoms with Crippen LogP contribution in [0.1, 0.15) is 5.56 Å². The van der Waals surface area contributed by atoms with Crippen molar-refractivity contribution in [3.8, 4) is 22.4 Å². The smallest absolute Gasteiger partial charge is 0.168 e. The molecule has 0 saturated heterocycles. The highest BCUT2D eigenvalue weighted by molar-refractivity contribution is 5.81. The molecule has 0 saturated carbocycles. The maximum absolute atomic E-state index is 14.2. The molecule has 0 atom stereocenters. The minimum absolute atomic E-state index is 0.0475. The Bertz CT molecular complexity index is 912. The average Bonchev–Trinajstić information content (AvgIpc) is 2.59. The highest BCUT2D eigenvalue weighted by Crippen LogP contribution is 2.35. The van der Waals surface area contributed by atoms with Crippen molar-refractivity contribution < 1.29 is 22.7 Å². The molecular weight excluding hydrogens is 322 g/mol. The van der Waals surface area contributed by atoms with Crippen molar-refractivity contribution in [3.63, 3.8) is 0 Å². The predicted molar refractivity (Wildman–Crippen MR) is 80.9 cm³/mol. The third-order valence-corrected chi connectivity index (χ3v) is 3.58. The first-order valence-electron chi connectivity index (χ1n) is 7.01. The Morgan fingerprint density at radius 3 is 2.00 bits per heavy atom. The summed E-state index contributed by atoms with van der Waals surface area (Å²) in [6.07, 6.45) is 1.26. The second kappa shape index (κ2) is 6.41. The average molecular weight is 333 g/mol. The largest absolute Gasteiger partial charge is 0.392 e. The van der Waals surface area contributed by atoms with Gasteiger partial charge in [0.15, 0.2) is 23.3 Å². The van der Waals surface area contributed by atoms with Gasteiger partial charge in [0, 0.05) is 22.9 Å². The van der Waals surface area contributed by atoms with Crippen LogP contribution in [-0.2, 0) is 6.61 Å². The van der Waals surface area contributed by atoms with Gasteiger partial charge >= 0.3 is 0 Å². The molecule has 122 valence electrons. The molecule has 0 bridgehead atoms. The zero-order chi connectivity index (χ0) is 17.3. The first kappa shape index (κ1) is 16.1. The number of nitrogens with zero attached hydrogens (tertiary/aromatic N) is 1. The second-order valence-electron chi connectivity index (χ2n) is 5.10. The molecule has 6 heteroatoms. The number of benzene rings is 2. The van der Waals surface area contributed by atoms with Crippen LogP contribution in [0.15, 0.2) is 48.7 Å². The lowest BCUT2D eigenvalue weighted by atomic mass is 9.97. The Balaban J connectivity index is 2.32. The van der Waals surface area contributed by atoms with Gasteiger partial charge in [0.05, 0.1) is 12.3 Å². The van der Waals surface area contributed by atoms with Crippen molar-refractivity contribution in [1.82, 2.24) is 4.98 Å². The van der Waals surface area contributed by atoms with Crippen LogP contribution in [0, 0.1) is 23.3 Å². The molecule has 0 fully saturated rings. The van der Waals surface area contributed by atoms with E-state index in [1.165, 1.54) is 36.5 Å². The lowest BCUT2D eigenvalue weighted by Gasteiger charge is -2.13. The summed E-state index contributed by atoms with van der Waals surface area (Å²) in [4.78, 5) is 4.01. The van der Waals surface area contributed by atoms with Crippen LogP contribution in [0.25, 0.3) is 22.4 Å². The highest BCUT2D eigenvalue weighted by atomic mass is 19.2. The standard InChI is InChI=1S/C18H11F4NO/c19-14-5-1-3-11(16(14)21)13-7-10(9-24)8-23-18(13)12-4-2-6-15(20)17(12)22/h1-8,24H,9H2. The molecule has 0 aliphatic heterocycles. The molecule has 0 amide bonds. The number of hydrogen-bond acceptors (Lipinski definition) is 2. The number of hydrogen-bond donors (Lipinski definition) is 1. The monoisotopic (exact) mass is 333 g/mol. The molecule has 0 unspecified atom stereocenters. The van der Waals surface area contributed by atoms with E-state index in [0.717, 1.165) is 12.1 Å². The summed E-state index contributed by atoms with van der Waals surface area (Å²) in [7, 11) is 0. The van der Waals surface area contributed by atoms with E-state index in [2.05, 4.69) is 4.98 Å². The Morgan fingerprint density at radius 2 is 1.38 bits per heavy atom. The summed E-state index contributed by atoms with van der Waals surface area (Å²) in [6.45, 7) is -0.386. The van der Waals surface area contributed by atoms with Gasteiger partial charge < -0.3 is 5.11 Å². The molecule has 3 aromatic rings. The van der Waals surface area contributed by atoms with Crippen LogP contribution in [0.4, 0.5) is 17.6 Å². The van der Waals surface area contributed by atoms with Crippen LogP contribution in [0.2, 0.25) is 0 Å². The topological polar surface area (TPSA) is 33.1 Å². The molecular formula is C18H11F4NO. The SMILES string of the molecule is OCc1cnc(-c2cccc(F)c2F)c(-c2cccc(F)c2F)c1. The van der Waals surface area contributed by atoms with Gasteiger partial charge in [0.2, 0.25) is 0 Å². The van der Waals surface area contributed by atoms with Gasteiger partial charge in [-0.25, -0.2) is 17.6 Å². The number of rotatable bonds is 3. The van der Waals surface area contributed by atoms with Crippen LogP contribution >= 0.6 is 0 Å². The zero-order valence-corrected chi connectivity index (χ0v) is 12.2. The Labute approximate surface area is 135 Å². The molecule has 3 rings (SSSR count). The van der Waals surface area contributed by atoms with Gasteiger partial charge in [0.25, 0.3) is 0 Å².